The Hall–Kier alpha value is -1.51. The molecule has 0 aromatic heterocycles. The van der Waals surface area contributed by atoms with Crippen molar-refractivity contribution in [2.45, 2.75) is 31.2 Å². The predicted molar refractivity (Wildman–Crippen MR) is 95.0 cm³/mol. The van der Waals surface area contributed by atoms with E-state index in [2.05, 4.69) is 6.92 Å². The van der Waals surface area contributed by atoms with Crippen LogP contribution in [0.2, 0.25) is 10.0 Å². The van der Waals surface area contributed by atoms with Gasteiger partial charge in [-0.3, -0.25) is 4.79 Å². The largest absolute Gasteiger partial charge is 0.338 e. The first-order valence-electron chi connectivity index (χ1n) is 7.73. The van der Waals surface area contributed by atoms with E-state index >= 15 is 0 Å². The summed E-state index contributed by atoms with van der Waals surface area (Å²) in [6.45, 7) is 2.05. The van der Waals surface area contributed by atoms with Crippen molar-refractivity contribution in [3.8, 4) is 0 Å². The van der Waals surface area contributed by atoms with Crippen LogP contribution in [-0.2, 0) is 10.2 Å². The van der Waals surface area contributed by atoms with E-state index in [0.717, 1.165) is 24.0 Å². The van der Waals surface area contributed by atoms with Gasteiger partial charge in [0, 0.05) is 7.05 Å². The summed E-state index contributed by atoms with van der Waals surface area (Å²) in [6.07, 6.45) is 1.71. The Labute approximate surface area is 147 Å². The van der Waals surface area contributed by atoms with Gasteiger partial charge in [-0.15, -0.1) is 0 Å². The maximum absolute atomic E-state index is 13.1. The van der Waals surface area contributed by atoms with E-state index < -0.39 is 5.41 Å². The molecule has 0 saturated heterocycles. The second-order valence-electron chi connectivity index (χ2n) is 6.21. The summed E-state index contributed by atoms with van der Waals surface area (Å²) >= 11 is 12.1. The Morgan fingerprint density at radius 3 is 2.30 bits per heavy atom. The molecule has 0 aliphatic heterocycles. The smallest absolute Gasteiger partial charge is 0.233 e. The molecule has 1 fully saturated rings. The summed E-state index contributed by atoms with van der Waals surface area (Å²) in [5.41, 5.74) is 1.66. The Morgan fingerprint density at radius 1 is 1.09 bits per heavy atom. The lowest BCUT2D eigenvalue weighted by Crippen LogP contribution is -2.38. The van der Waals surface area contributed by atoms with E-state index in [-0.39, 0.29) is 11.9 Å². The molecule has 1 saturated carbocycles. The maximum atomic E-state index is 13.1. The molecule has 0 N–H and O–H groups in total. The SMILES string of the molecule is C[C@@H](c1ccccc1)N(C)C(=O)C1(c2ccc(Cl)c(Cl)c2)CC1. The number of halogens is 2. The van der Waals surface area contributed by atoms with Crippen molar-refractivity contribution in [2.75, 3.05) is 7.05 Å². The highest BCUT2D eigenvalue weighted by Crippen LogP contribution is 2.51. The van der Waals surface area contributed by atoms with Crippen molar-refractivity contribution >= 4 is 29.1 Å². The van der Waals surface area contributed by atoms with Gasteiger partial charge in [0.15, 0.2) is 0 Å². The Kier molecular flexibility index (Phi) is 4.39. The van der Waals surface area contributed by atoms with E-state index in [0.29, 0.717) is 10.0 Å². The van der Waals surface area contributed by atoms with E-state index in [9.17, 15) is 4.79 Å². The number of hydrogen-bond donors (Lipinski definition) is 0. The highest BCUT2D eigenvalue weighted by atomic mass is 35.5. The van der Waals surface area contributed by atoms with Gasteiger partial charge in [0.25, 0.3) is 0 Å². The second kappa shape index (κ2) is 6.18. The van der Waals surface area contributed by atoms with E-state index in [1.807, 2.05) is 54.4 Å². The van der Waals surface area contributed by atoms with Crippen molar-refractivity contribution in [1.29, 1.82) is 0 Å². The minimum absolute atomic E-state index is 0.0314. The third-order valence-corrected chi connectivity index (χ3v) is 5.55. The standard InChI is InChI=1S/C19H19Cl2NO/c1-13(14-6-4-3-5-7-14)22(2)18(23)19(10-11-19)15-8-9-16(20)17(21)12-15/h3-9,12-13H,10-11H2,1-2H3/t13-/m0/s1. The minimum Gasteiger partial charge on any atom is -0.338 e. The molecule has 23 heavy (non-hydrogen) atoms. The zero-order chi connectivity index (χ0) is 16.6. The first-order valence-corrected chi connectivity index (χ1v) is 8.49. The van der Waals surface area contributed by atoms with Crippen LogP contribution >= 0.6 is 23.2 Å². The average molecular weight is 348 g/mol. The molecule has 0 bridgehead atoms. The molecular weight excluding hydrogens is 329 g/mol. The molecule has 0 unspecified atom stereocenters. The number of rotatable bonds is 4. The first kappa shape index (κ1) is 16.4. The highest BCUT2D eigenvalue weighted by molar-refractivity contribution is 6.42. The molecule has 1 aliphatic carbocycles. The lowest BCUT2D eigenvalue weighted by molar-refractivity contribution is -0.134. The van der Waals surface area contributed by atoms with Gasteiger partial charge in [0.2, 0.25) is 5.91 Å². The average Bonchev–Trinajstić information content (AvgIpc) is 3.38. The zero-order valence-electron chi connectivity index (χ0n) is 13.2. The van der Waals surface area contributed by atoms with Crippen LogP contribution in [0.3, 0.4) is 0 Å². The van der Waals surface area contributed by atoms with E-state index in [1.165, 1.54) is 0 Å². The van der Waals surface area contributed by atoms with Crippen molar-refractivity contribution in [3.63, 3.8) is 0 Å². The van der Waals surface area contributed by atoms with Gasteiger partial charge < -0.3 is 4.90 Å². The van der Waals surface area contributed by atoms with E-state index in [1.54, 1.807) is 6.07 Å². The number of likely N-dealkylation sites (N-methyl/N-ethyl adjacent to an activating group) is 1. The minimum atomic E-state index is -0.438. The Morgan fingerprint density at radius 2 is 1.74 bits per heavy atom. The predicted octanol–water partition coefficient (Wildman–Crippen LogP) is 5.24. The van der Waals surface area contributed by atoms with Crippen molar-refractivity contribution < 1.29 is 4.79 Å². The summed E-state index contributed by atoms with van der Waals surface area (Å²) in [5.74, 6) is 0.146. The highest BCUT2D eigenvalue weighted by Gasteiger charge is 2.53. The van der Waals surface area contributed by atoms with Gasteiger partial charge in [-0.25, -0.2) is 0 Å². The van der Waals surface area contributed by atoms with Crippen LogP contribution in [0.25, 0.3) is 0 Å². The fourth-order valence-corrected chi connectivity index (χ4v) is 3.31. The lowest BCUT2D eigenvalue weighted by atomic mass is 9.93. The number of benzene rings is 2. The number of amides is 1. The normalized spacial score (nSPS) is 16.7. The molecular formula is C19H19Cl2NO. The third-order valence-electron chi connectivity index (χ3n) is 4.81. The van der Waals surface area contributed by atoms with Gasteiger partial charge >= 0.3 is 0 Å². The molecule has 0 heterocycles. The van der Waals surface area contributed by atoms with E-state index in [4.69, 9.17) is 23.2 Å². The Bertz CT molecular complexity index is 725. The van der Waals surface area contributed by atoms with Crippen molar-refractivity contribution in [2.24, 2.45) is 0 Å². The number of nitrogens with zero attached hydrogens (tertiary/aromatic N) is 1. The van der Waals surface area contributed by atoms with Gasteiger partial charge in [0.05, 0.1) is 21.5 Å². The lowest BCUT2D eigenvalue weighted by Gasteiger charge is -2.30. The quantitative estimate of drug-likeness (QED) is 0.739. The number of hydrogen-bond acceptors (Lipinski definition) is 1. The molecule has 3 rings (SSSR count). The summed E-state index contributed by atoms with van der Waals surface area (Å²) in [7, 11) is 1.87. The fraction of sp³-hybridized carbons (Fsp3) is 0.316. The summed E-state index contributed by atoms with van der Waals surface area (Å²) in [4.78, 5) is 14.9. The van der Waals surface area contributed by atoms with Crippen LogP contribution in [0.15, 0.2) is 48.5 Å². The molecule has 120 valence electrons. The van der Waals surface area contributed by atoms with Gasteiger partial charge in [-0.2, -0.15) is 0 Å². The zero-order valence-corrected chi connectivity index (χ0v) is 14.7. The van der Waals surface area contributed by atoms with Crippen LogP contribution in [0.1, 0.15) is 36.9 Å². The third kappa shape index (κ3) is 2.98. The van der Waals surface area contributed by atoms with Crippen LogP contribution in [0, 0.1) is 0 Å². The van der Waals surface area contributed by atoms with Crippen LogP contribution < -0.4 is 0 Å². The van der Waals surface area contributed by atoms with Gasteiger partial charge in [-0.05, 0) is 43.0 Å². The molecule has 1 atom stereocenters. The van der Waals surface area contributed by atoms with Gasteiger partial charge in [0.1, 0.15) is 0 Å². The molecule has 1 amide bonds. The van der Waals surface area contributed by atoms with Crippen LogP contribution in [0.5, 0.6) is 0 Å². The first-order chi connectivity index (χ1) is 11.0. The fourth-order valence-electron chi connectivity index (χ4n) is 3.01. The van der Waals surface area contributed by atoms with Crippen LogP contribution in [-0.4, -0.2) is 17.9 Å². The number of carbonyl (C=O) groups excluding carboxylic acids is 1. The maximum Gasteiger partial charge on any atom is 0.233 e. The van der Waals surface area contributed by atoms with Crippen molar-refractivity contribution in [1.82, 2.24) is 4.90 Å². The van der Waals surface area contributed by atoms with Crippen molar-refractivity contribution in [3.05, 3.63) is 69.7 Å². The molecule has 2 aromatic carbocycles. The van der Waals surface area contributed by atoms with Crippen LogP contribution in [0.4, 0.5) is 0 Å². The topological polar surface area (TPSA) is 20.3 Å². The second-order valence-corrected chi connectivity index (χ2v) is 7.03. The monoisotopic (exact) mass is 347 g/mol. The molecule has 0 radical (unpaired) electrons. The molecule has 0 spiro atoms. The molecule has 2 nitrogen and oxygen atoms in total. The molecule has 1 aliphatic rings. The summed E-state index contributed by atoms with van der Waals surface area (Å²) in [5, 5.41) is 1.02. The summed E-state index contributed by atoms with van der Waals surface area (Å²) < 4.78 is 0. The Balaban J connectivity index is 1.85. The van der Waals surface area contributed by atoms with Gasteiger partial charge in [-0.1, -0.05) is 59.6 Å². The molecule has 2 aromatic rings. The summed E-state index contributed by atoms with van der Waals surface area (Å²) in [6, 6.07) is 15.6. The number of carbonyl (C=O) groups is 1. The molecule has 4 heteroatoms.